The maximum atomic E-state index is 14.8. The Balaban J connectivity index is 1.61. The largest absolute Gasteiger partial charge is 0.573 e. The Kier molecular flexibility index (Phi) is 8.28. The summed E-state index contributed by atoms with van der Waals surface area (Å²) in [5.41, 5.74) is 1.79. The predicted octanol–water partition coefficient (Wildman–Crippen LogP) is 7.49. The molecule has 6 nitrogen and oxygen atoms in total. The second-order valence-electron chi connectivity index (χ2n) is 8.12. The van der Waals surface area contributed by atoms with Gasteiger partial charge >= 0.3 is 6.36 Å². The molecule has 0 radical (unpaired) electrons. The molecule has 1 N–H and O–H groups in total. The van der Waals surface area contributed by atoms with E-state index in [1.165, 1.54) is 23.1 Å². The Hall–Kier alpha value is -3.25. The number of hydrogen-bond donors (Lipinski definition) is 1. The first-order chi connectivity index (χ1) is 17.6. The van der Waals surface area contributed by atoms with Gasteiger partial charge in [0.05, 0.1) is 0 Å². The number of halogens is 6. The summed E-state index contributed by atoms with van der Waals surface area (Å²) in [6, 6.07) is 7.88. The highest BCUT2D eigenvalue weighted by Crippen LogP contribution is 2.38. The molecule has 1 atom stereocenters. The number of aromatic nitrogens is 4. The summed E-state index contributed by atoms with van der Waals surface area (Å²) in [5, 5.41) is 8.98. The third kappa shape index (κ3) is 6.75. The molecule has 0 saturated carbocycles. The van der Waals surface area contributed by atoms with Gasteiger partial charge in [-0.05, 0) is 67.2 Å². The number of nitrogens with zero attached hydrogens (tertiary/aromatic N) is 4. The number of alkyl halides is 4. The van der Waals surface area contributed by atoms with Gasteiger partial charge in [-0.2, -0.15) is 9.47 Å². The maximum absolute atomic E-state index is 14.8. The molecular weight excluding hydrogens is 537 g/mol. The fourth-order valence-electron chi connectivity index (χ4n) is 3.84. The molecule has 0 aliphatic heterocycles. The fraction of sp³-hybridized carbons (Fsp3) is 0.292. The quantitative estimate of drug-likeness (QED) is 0.124. The van der Waals surface area contributed by atoms with Crippen molar-refractivity contribution >= 4 is 34.6 Å². The molecule has 0 amide bonds. The Bertz CT molecular complexity index is 1360. The van der Waals surface area contributed by atoms with Crippen LogP contribution in [-0.2, 0) is 0 Å². The highest BCUT2D eigenvalue weighted by atomic mass is 35.5. The van der Waals surface area contributed by atoms with Crippen LogP contribution in [0.5, 0.6) is 5.75 Å². The minimum absolute atomic E-state index is 0.222. The van der Waals surface area contributed by atoms with E-state index in [9.17, 15) is 22.0 Å². The SMILES string of the molecule is Cc1ncn(-c2ccc(Nc3nscc3C(CCCCCl)c3ccc(OC(F)(F)F)c(F)c3)cc2F)n1. The summed E-state index contributed by atoms with van der Waals surface area (Å²) in [7, 11) is 0. The Morgan fingerprint density at radius 3 is 2.57 bits per heavy atom. The van der Waals surface area contributed by atoms with Gasteiger partial charge in [0, 0.05) is 28.4 Å². The molecular formula is C24H21ClF5N5OS. The van der Waals surface area contributed by atoms with E-state index in [4.69, 9.17) is 11.6 Å². The van der Waals surface area contributed by atoms with Crippen molar-refractivity contribution in [3.63, 3.8) is 0 Å². The molecule has 0 aliphatic carbocycles. The summed E-state index contributed by atoms with van der Waals surface area (Å²) in [4.78, 5) is 4.00. The van der Waals surface area contributed by atoms with E-state index in [0.717, 1.165) is 23.7 Å². The van der Waals surface area contributed by atoms with Crippen LogP contribution in [-0.4, -0.2) is 31.4 Å². The van der Waals surface area contributed by atoms with Gasteiger partial charge in [0.15, 0.2) is 17.4 Å². The van der Waals surface area contributed by atoms with E-state index in [-0.39, 0.29) is 5.69 Å². The van der Waals surface area contributed by atoms with Crippen LogP contribution < -0.4 is 10.1 Å². The van der Waals surface area contributed by atoms with Crippen LogP contribution >= 0.6 is 23.1 Å². The third-order valence-corrected chi connectivity index (χ3v) is 6.41. The van der Waals surface area contributed by atoms with Crippen LogP contribution in [0.3, 0.4) is 0 Å². The van der Waals surface area contributed by atoms with E-state index < -0.39 is 29.7 Å². The molecule has 0 aliphatic rings. The van der Waals surface area contributed by atoms with E-state index in [0.29, 0.717) is 53.6 Å². The van der Waals surface area contributed by atoms with Crippen molar-refractivity contribution < 1.29 is 26.7 Å². The number of benzene rings is 2. The van der Waals surface area contributed by atoms with Crippen molar-refractivity contribution in [1.29, 1.82) is 0 Å². The van der Waals surface area contributed by atoms with Gasteiger partial charge in [0.2, 0.25) is 0 Å². The van der Waals surface area contributed by atoms with Gasteiger partial charge in [-0.3, -0.25) is 0 Å². The molecule has 4 aromatic rings. The Morgan fingerprint density at radius 2 is 1.92 bits per heavy atom. The molecule has 0 fully saturated rings. The number of hydrogen-bond acceptors (Lipinski definition) is 6. The second-order valence-corrected chi connectivity index (χ2v) is 9.13. The lowest BCUT2D eigenvalue weighted by atomic mass is 9.88. The standard InChI is InChI=1S/C24H21ClF5N5OS/c1-14-31-13-35(33-14)21-7-6-16(11-19(21)26)32-23-18(12-37-34-23)17(4-2-3-9-25)15-5-8-22(20(27)10-15)36-24(28,29)30/h5-8,10-13,17H,2-4,9H2,1H3,(H,32,34). The third-order valence-electron chi connectivity index (χ3n) is 5.50. The lowest BCUT2D eigenvalue weighted by molar-refractivity contribution is -0.275. The average Bonchev–Trinajstić information content (AvgIpc) is 3.46. The molecule has 2 aromatic heterocycles. The van der Waals surface area contributed by atoms with Crippen LogP contribution in [0, 0.1) is 18.6 Å². The minimum atomic E-state index is -5.01. The molecule has 0 saturated heterocycles. The molecule has 37 heavy (non-hydrogen) atoms. The average molecular weight is 558 g/mol. The summed E-state index contributed by atoms with van der Waals surface area (Å²) in [5.74, 6) is -1.60. The number of anilines is 2. The van der Waals surface area contributed by atoms with Crippen molar-refractivity contribution in [2.24, 2.45) is 0 Å². The zero-order valence-electron chi connectivity index (χ0n) is 19.4. The summed E-state index contributed by atoms with van der Waals surface area (Å²) >= 11 is 6.97. The molecule has 196 valence electrons. The maximum Gasteiger partial charge on any atom is 0.573 e. The molecule has 4 rings (SSSR count). The highest BCUT2D eigenvalue weighted by Gasteiger charge is 2.32. The van der Waals surface area contributed by atoms with Crippen LogP contribution in [0.4, 0.5) is 33.5 Å². The summed E-state index contributed by atoms with van der Waals surface area (Å²) in [6.45, 7) is 1.69. The van der Waals surface area contributed by atoms with E-state index in [1.807, 2.05) is 0 Å². The van der Waals surface area contributed by atoms with Gasteiger partial charge in [-0.1, -0.05) is 12.5 Å². The Labute approximate surface area is 218 Å². The van der Waals surface area contributed by atoms with Gasteiger partial charge in [-0.25, -0.2) is 18.4 Å². The molecule has 0 spiro atoms. The van der Waals surface area contributed by atoms with Gasteiger partial charge < -0.3 is 10.1 Å². The van der Waals surface area contributed by atoms with Gasteiger partial charge in [0.1, 0.15) is 23.7 Å². The van der Waals surface area contributed by atoms with Crippen molar-refractivity contribution in [2.75, 3.05) is 11.2 Å². The molecule has 2 heterocycles. The van der Waals surface area contributed by atoms with Crippen LogP contribution in [0.15, 0.2) is 48.1 Å². The molecule has 1 unspecified atom stereocenters. The zero-order valence-corrected chi connectivity index (χ0v) is 21.0. The van der Waals surface area contributed by atoms with Crippen LogP contribution in [0.25, 0.3) is 5.69 Å². The van der Waals surface area contributed by atoms with Gasteiger partial charge in [0.25, 0.3) is 0 Å². The minimum Gasteiger partial charge on any atom is -0.403 e. The number of ether oxygens (including phenoxy) is 1. The topological polar surface area (TPSA) is 64.9 Å². The van der Waals surface area contributed by atoms with Crippen LogP contribution in [0.1, 0.15) is 42.1 Å². The molecule has 0 bridgehead atoms. The van der Waals surface area contributed by atoms with Crippen molar-refractivity contribution in [2.45, 2.75) is 38.5 Å². The van der Waals surface area contributed by atoms with Crippen LogP contribution in [0.2, 0.25) is 0 Å². The first-order valence-corrected chi connectivity index (χ1v) is 12.5. The van der Waals surface area contributed by atoms with Crippen molar-refractivity contribution in [1.82, 2.24) is 19.1 Å². The summed E-state index contributed by atoms with van der Waals surface area (Å²) < 4.78 is 76.5. The van der Waals surface area contributed by atoms with E-state index in [2.05, 4.69) is 24.5 Å². The first kappa shape index (κ1) is 26.8. The number of nitrogens with one attached hydrogen (secondary N) is 1. The molecule has 2 aromatic carbocycles. The van der Waals surface area contributed by atoms with Crippen molar-refractivity contribution in [3.05, 3.63) is 76.7 Å². The smallest absolute Gasteiger partial charge is 0.403 e. The lowest BCUT2D eigenvalue weighted by Crippen LogP contribution is -2.18. The monoisotopic (exact) mass is 557 g/mol. The number of aryl methyl sites for hydroxylation is 1. The van der Waals surface area contributed by atoms with Gasteiger partial charge in [-0.15, -0.1) is 24.8 Å². The number of rotatable bonds is 10. The fourth-order valence-corrected chi connectivity index (χ4v) is 4.73. The summed E-state index contributed by atoms with van der Waals surface area (Å²) in [6.07, 6.45) is -1.67. The first-order valence-electron chi connectivity index (χ1n) is 11.1. The van der Waals surface area contributed by atoms with E-state index in [1.54, 1.807) is 24.4 Å². The normalized spacial score (nSPS) is 12.5. The lowest BCUT2D eigenvalue weighted by Gasteiger charge is -2.19. The second kappa shape index (κ2) is 11.4. The predicted molar refractivity (Wildman–Crippen MR) is 131 cm³/mol. The number of unbranched alkanes of at least 4 members (excludes halogenated alkanes) is 1. The van der Waals surface area contributed by atoms with E-state index >= 15 is 0 Å². The zero-order chi connectivity index (χ0) is 26.6. The van der Waals surface area contributed by atoms with Crippen molar-refractivity contribution in [3.8, 4) is 11.4 Å². The Morgan fingerprint density at radius 1 is 1.11 bits per heavy atom. The molecule has 13 heteroatoms. The highest BCUT2D eigenvalue weighted by molar-refractivity contribution is 7.04.